The van der Waals surface area contributed by atoms with Crippen LogP contribution >= 0.6 is 0 Å². The van der Waals surface area contributed by atoms with E-state index in [1.807, 2.05) is 6.07 Å². The molecule has 1 unspecified atom stereocenters. The standard InChI is InChI=1S/C20H19F2N5O2/c1-28-15-8-16(29-2)18(22)13(17(15)21)4-3-11-7-14(12-5-6-24-9-12)27-19(11)20(23)25-10-26-27/h7-8,10,12,24H,5-6,9H2,1-2H3,(H2,23,25,26). The lowest BCUT2D eigenvalue weighted by Gasteiger charge is -2.08. The van der Waals surface area contributed by atoms with Gasteiger partial charge in [-0.05, 0) is 19.0 Å². The van der Waals surface area contributed by atoms with Crippen molar-refractivity contribution >= 4 is 11.3 Å². The Labute approximate surface area is 165 Å². The van der Waals surface area contributed by atoms with Crippen LogP contribution in [0, 0.1) is 23.5 Å². The second-order valence-electron chi connectivity index (χ2n) is 6.61. The van der Waals surface area contributed by atoms with Crippen LogP contribution in [0.25, 0.3) is 5.52 Å². The summed E-state index contributed by atoms with van der Waals surface area (Å²) in [4.78, 5) is 4.03. The maximum atomic E-state index is 14.6. The van der Waals surface area contributed by atoms with Crippen LogP contribution < -0.4 is 20.5 Å². The molecule has 1 saturated heterocycles. The van der Waals surface area contributed by atoms with Gasteiger partial charge >= 0.3 is 0 Å². The van der Waals surface area contributed by atoms with E-state index in [4.69, 9.17) is 15.2 Å². The van der Waals surface area contributed by atoms with Gasteiger partial charge in [0.1, 0.15) is 17.4 Å². The predicted octanol–water partition coefficient (Wildman–Crippen LogP) is 2.08. The van der Waals surface area contributed by atoms with E-state index in [9.17, 15) is 8.78 Å². The summed E-state index contributed by atoms with van der Waals surface area (Å²) in [5, 5.41) is 7.60. The van der Waals surface area contributed by atoms with Crippen LogP contribution in [-0.2, 0) is 0 Å². The van der Waals surface area contributed by atoms with Crippen LogP contribution in [0.15, 0.2) is 18.5 Å². The average molecular weight is 399 g/mol. The first-order valence-corrected chi connectivity index (χ1v) is 9.00. The van der Waals surface area contributed by atoms with Crippen LogP contribution in [0.5, 0.6) is 11.5 Å². The molecule has 1 atom stereocenters. The molecule has 0 spiro atoms. The number of ether oxygens (including phenoxy) is 2. The molecule has 1 aromatic carbocycles. The maximum Gasteiger partial charge on any atom is 0.183 e. The number of anilines is 1. The zero-order valence-corrected chi connectivity index (χ0v) is 15.9. The second kappa shape index (κ2) is 7.56. The van der Waals surface area contributed by atoms with Crippen LogP contribution in [-0.4, -0.2) is 41.9 Å². The van der Waals surface area contributed by atoms with Gasteiger partial charge in [0.05, 0.1) is 19.8 Å². The smallest absolute Gasteiger partial charge is 0.183 e. The Bertz CT molecular complexity index is 1120. The highest BCUT2D eigenvalue weighted by Crippen LogP contribution is 2.31. The lowest BCUT2D eigenvalue weighted by atomic mass is 10.0. The summed E-state index contributed by atoms with van der Waals surface area (Å²) in [6.07, 6.45) is 2.32. The Morgan fingerprint density at radius 1 is 1.17 bits per heavy atom. The van der Waals surface area contributed by atoms with Gasteiger partial charge in [0.25, 0.3) is 0 Å². The van der Waals surface area contributed by atoms with Gasteiger partial charge in [-0.2, -0.15) is 5.10 Å². The van der Waals surface area contributed by atoms with Crippen molar-refractivity contribution in [1.82, 2.24) is 19.9 Å². The first-order valence-electron chi connectivity index (χ1n) is 9.00. The Morgan fingerprint density at radius 2 is 1.90 bits per heavy atom. The number of fused-ring (bicyclic) bond motifs is 1. The number of aromatic nitrogens is 3. The number of benzene rings is 1. The number of nitrogens with two attached hydrogens (primary N) is 1. The van der Waals surface area contributed by atoms with Gasteiger partial charge in [0.15, 0.2) is 29.0 Å². The molecule has 0 radical (unpaired) electrons. The van der Waals surface area contributed by atoms with Crippen molar-refractivity contribution in [1.29, 1.82) is 0 Å². The third kappa shape index (κ3) is 3.21. The predicted molar refractivity (Wildman–Crippen MR) is 103 cm³/mol. The normalized spacial score (nSPS) is 15.9. The molecule has 0 bridgehead atoms. The molecule has 29 heavy (non-hydrogen) atoms. The van der Waals surface area contributed by atoms with Crippen molar-refractivity contribution in [3.8, 4) is 23.3 Å². The van der Waals surface area contributed by atoms with Crippen LogP contribution in [0.3, 0.4) is 0 Å². The lowest BCUT2D eigenvalue weighted by Crippen LogP contribution is -2.10. The third-order valence-electron chi connectivity index (χ3n) is 4.98. The van der Waals surface area contributed by atoms with Crippen molar-refractivity contribution in [3.05, 3.63) is 46.9 Å². The summed E-state index contributed by atoms with van der Waals surface area (Å²) in [5.74, 6) is 3.77. The first kappa shape index (κ1) is 19.0. The topological polar surface area (TPSA) is 86.7 Å². The highest BCUT2D eigenvalue weighted by molar-refractivity contribution is 5.76. The molecular formula is C20H19F2N5O2. The lowest BCUT2D eigenvalue weighted by molar-refractivity contribution is 0.357. The summed E-state index contributed by atoms with van der Waals surface area (Å²) < 4.78 is 40.8. The minimum absolute atomic E-state index is 0.158. The highest BCUT2D eigenvalue weighted by atomic mass is 19.1. The Kier molecular flexibility index (Phi) is 4.94. The molecule has 2 aromatic heterocycles. The van der Waals surface area contributed by atoms with Crippen molar-refractivity contribution in [3.63, 3.8) is 0 Å². The quantitative estimate of drug-likeness (QED) is 0.656. The number of halogens is 2. The number of nitrogens with zero attached hydrogens (tertiary/aromatic N) is 3. The molecule has 1 aliphatic rings. The number of rotatable bonds is 3. The molecule has 150 valence electrons. The molecule has 9 heteroatoms. The van der Waals surface area contributed by atoms with E-state index in [1.54, 1.807) is 4.52 Å². The summed E-state index contributed by atoms with van der Waals surface area (Å²) in [7, 11) is 2.57. The summed E-state index contributed by atoms with van der Waals surface area (Å²) in [6.45, 7) is 1.71. The van der Waals surface area contributed by atoms with Gasteiger partial charge in [-0.3, -0.25) is 0 Å². The van der Waals surface area contributed by atoms with E-state index in [0.29, 0.717) is 11.1 Å². The zero-order valence-electron chi connectivity index (χ0n) is 15.9. The molecule has 0 saturated carbocycles. The number of hydrogen-bond donors (Lipinski definition) is 2. The van der Waals surface area contributed by atoms with Gasteiger partial charge in [-0.25, -0.2) is 18.3 Å². The molecule has 3 heterocycles. The zero-order chi connectivity index (χ0) is 20.5. The van der Waals surface area contributed by atoms with Gasteiger partial charge in [-0.1, -0.05) is 11.8 Å². The maximum absolute atomic E-state index is 14.6. The molecule has 3 aromatic rings. The fourth-order valence-electron chi connectivity index (χ4n) is 3.51. The van der Waals surface area contributed by atoms with E-state index in [1.165, 1.54) is 20.5 Å². The molecule has 0 aliphatic carbocycles. The molecule has 0 amide bonds. The molecule has 1 fully saturated rings. The minimum Gasteiger partial charge on any atom is -0.493 e. The molecular weight excluding hydrogens is 380 g/mol. The Morgan fingerprint density at radius 3 is 2.52 bits per heavy atom. The van der Waals surface area contributed by atoms with Crippen LogP contribution in [0.2, 0.25) is 0 Å². The van der Waals surface area contributed by atoms with Crippen LogP contribution in [0.1, 0.15) is 29.2 Å². The fourth-order valence-corrected chi connectivity index (χ4v) is 3.51. The molecule has 1 aliphatic heterocycles. The highest BCUT2D eigenvalue weighted by Gasteiger charge is 2.23. The first-order chi connectivity index (χ1) is 14.0. The van der Waals surface area contributed by atoms with Gasteiger partial charge in [-0.15, -0.1) is 0 Å². The Balaban J connectivity index is 1.88. The molecule has 7 nitrogen and oxygen atoms in total. The molecule has 3 N–H and O–H groups in total. The van der Waals surface area contributed by atoms with E-state index in [0.717, 1.165) is 31.3 Å². The average Bonchev–Trinajstić information content (AvgIpc) is 3.37. The number of nitrogen functional groups attached to an aromatic ring is 1. The van der Waals surface area contributed by atoms with E-state index >= 15 is 0 Å². The SMILES string of the molecule is COc1cc(OC)c(F)c(C#Cc2cc(C3CCNC3)n3ncnc(N)c23)c1F. The fraction of sp³-hybridized carbons (Fsp3) is 0.300. The summed E-state index contributed by atoms with van der Waals surface area (Å²) in [5.41, 5.74) is 7.53. The van der Waals surface area contributed by atoms with Crippen molar-refractivity contribution in [2.24, 2.45) is 0 Å². The van der Waals surface area contributed by atoms with Gasteiger partial charge in [0.2, 0.25) is 0 Å². The number of methoxy groups -OCH3 is 2. The van der Waals surface area contributed by atoms with Crippen LogP contribution in [0.4, 0.5) is 14.6 Å². The van der Waals surface area contributed by atoms with Crippen molar-refractivity contribution in [2.45, 2.75) is 12.3 Å². The number of nitrogens with one attached hydrogen (secondary N) is 1. The van der Waals surface area contributed by atoms with E-state index in [-0.39, 0.29) is 23.2 Å². The van der Waals surface area contributed by atoms with Gasteiger partial charge < -0.3 is 20.5 Å². The second-order valence-corrected chi connectivity index (χ2v) is 6.61. The van der Waals surface area contributed by atoms with Gasteiger partial charge in [0, 0.05) is 24.2 Å². The third-order valence-corrected chi connectivity index (χ3v) is 4.98. The van der Waals surface area contributed by atoms with Crippen molar-refractivity contribution < 1.29 is 18.3 Å². The van der Waals surface area contributed by atoms with Crippen molar-refractivity contribution in [2.75, 3.05) is 33.0 Å². The number of hydrogen-bond acceptors (Lipinski definition) is 6. The summed E-state index contributed by atoms with van der Waals surface area (Å²) in [6, 6.07) is 2.99. The summed E-state index contributed by atoms with van der Waals surface area (Å²) >= 11 is 0. The Hall–Kier alpha value is -3.38. The van der Waals surface area contributed by atoms with E-state index < -0.39 is 17.2 Å². The monoisotopic (exact) mass is 399 g/mol. The minimum atomic E-state index is -0.897. The molecule has 4 rings (SSSR count). The largest absolute Gasteiger partial charge is 0.493 e. The van der Waals surface area contributed by atoms with E-state index in [2.05, 4.69) is 27.2 Å².